The predicted octanol–water partition coefficient (Wildman–Crippen LogP) is 2.45. The summed E-state index contributed by atoms with van der Waals surface area (Å²) in [6.45, 7) is 3.96. The molecular formula is C11H16O3S. The van der Waals surface area contributed by atoms with Crippen molar-refractivity contribution in [1.82, 2.24) is 0 Å². The molecule has 0 saturated carbocycles. The molecule has 0 aliphatic carbocycles. The molecular weight excluding hydrogens is 212 g/mol. The van der Waals surface area contributed by atoms with Crippen molar-refractivity contribution in [3.8, 4) is 0 Å². The zero-order valence-corrected chi connectivity index (χ0v) is 9.84. The van der Waals surface area contributed by atoms with Crippen molar-refractivity contribution in [1.29, 1.82) is 0 Å². The molecule has 0 fully saturated rings. The standard InChI is InChI=1S/C11H16O3S/c1-3-6-10-9(4-2)7-5-8-11(10)15(12,13)14/h5,7-8H,3-4,6H2,1-2H3,(H,12,13,14). The van der Waals surface area contributed by atoms with E-state index < -0.39 is 10.1 Å². The first kappa shape index (κ1) is 12.2. The topological polar surface area (TPSA) is 54.4 Å². The van der Waals surface area contributed by atoms with Crippen LogP contribution in [0.1, 0.15) is 31.4 Å². The monoisotopic (exact) mass is 228 g/mol. The predicted molar refractivity (Wildman–Crippen MR) is 59.6 cm³/mol. The van der Waals surface area contributed by atoms with Crippen LogP contribution in [-0.4, -0.2) is 13.0 Å². The van der Waals surface area contributed by atoms with Crippen LogP contribution in [0.15, 0.2) is 23.1 Å². The summed E-state index contributed by atoms with van der Waals surface area (Å²) < 4.78 is 31.4. The molecule has 0 aliphatic rings. The van der Waals surface area contributed by atoms with Crippen molar-refractivity contribution in [2.24, 2.45) is 0 Å². The molecule has 0 unspecified atom stereocenters. The van der Waals surface area contributed by atoms with Gasteiger partial charge < -0.3 is 0 Å². The highest BCUT2D eigenvalue weighted by Gasteiger charge is 2.16. The van der Waals surface area contributed by atoms with Crippen molar-refractivity contribution in [3.05, 3.63) is 29.3 Å². The van der Waals surface area contributed by atoms with E-state index in [1.54, 1.807) is 6.07 Å². The van der Waals surface area contributed by atoms with Gasteiger partial charge in [0.15, 0.2) is 0 Å². The van der Waals surface area contributed by atoms with Gasteiger partial charge in [-0.1, -0.05) is 32.4 Å². The van der Waals surface area contributed by atoms with Crippen molar-refractivity contribution in [3.63, 3.8) is 0 Å². The second kappa shape index (κ2) is 4.77. The van der Waals surface area contributed by atoms with E-state index in [9.17, 15) is 8.42 Å². The van der Waals surface area contributed by atoms with E-state index in [0.717, 1.165) is 24.0 Å². The highest BCUT2D eigenvalue weighted by molar-refractivity contribution is 7.85. The third kappa shape index (κ3) is 2.79. The van der Waals surface area contributed by atoms with E-state index in [-0.39, 0.29) is 4.90 Å². The van der Waals surface area contributed by atoms with Crippen LogP contribution in [0, 0.1) is 0 Å². The van der Waals surface area contributed by atoms with Crippen molar-refractivity contribution in [2.45, 2.75) is 38.0 Å². The van der Waals surface area contributed by atoms with Gasteiger partial charge in [-0.2, -0.15) is 8.42 Å². The average molecular weight is 228 g/mol. The fourth-order valence-corrected chi connectivity index (χ4v) is 2.51. The molecule has 0 saturated heterocycles. The molecule has 3 nitrogen and oxygen atoms in total. The molecule has 0 heterocycles. The maximum atomic E-state index is 11.2. The minimum Gasteiger partial charge on any atom is -0.282 e. The Morgan fingerprint density at radius 3 is 2.40 bits per heavy atom. The molecule has 1 aromatic carbocycles. The number of hydrogen-bond acceptors (Lipinski definition) is 2. The Bertz CT molecular complexity index is 435. The molecule has 0 spiro atoms. The van der Waals surface area contributed by atoms with Crippen LogP contribution in [0.3, 0.4) is 0 Å². The summed E-state index contributed by atoms with van der Waals surface area (Å²) in [5.74, 6) is 0. The molecule has 0 bridgehead atoms. The summed E-state index contributed by atoms with van der Waals surface area (Å²) in [7, 11) is -4.09. The summed E-state index contributed by atoms with van der Waals surface area (Å²) in [5.41, 5.74) is 1.75. The zero-order valence-electron chi connectivity index (χ0n) is 9.03. The van der Waals surface area contributed by atoms with Crippen LogP contribution in [0.5, 0.6) is 0 Å². The highest BCUT2D eigenvalue weighted by atomic mass is 32.2. The summed E-state index contributed by atoms with van der Waals surface area (Å²) in [5, 5.41) is 0. The number of rotatable bonds is 4. The van der Waals surface area contributed by atoms with Crippen LogP contribution >= 0.6 is 0 Å². The first-order chi connectivity index (χ1) is 7.00. The van der Waals surface area contributed by atoms with Gasteiger partial charge in [-0.05, 0) is 30.0 Å². The maximum Gasteiger partial charge on any atom is 0.294 e. The molecule has 15 heavy (non-hydrogen) atoms. The number of benzene rings is 1. The number of aryl methyl sites for hydroxylation is 1. The van der Waals surface area contributed by atoms with Crippen LogP contribution in [0.25, 0.3) is 0 Å². The Labute approximate surface area is 90.9 Å². The van der Waals surface area contributed by atoms with E-state index >= 15 is 0 Å². The third-order valence-corrected chi connectivity index (χ3v) is 3.33. The third-order valence-electron chi connectivity index (χ3n) is 2.39. The molecule has 1 rings (SSSR count). The molecule has 0 aromatic heterocycles. The van der Waals surface area contributed by atoms with E-state index in [4.69, 9.17) is 4.55 Å². The maximum absolute atomic E-state index is 11.2. The molecule has 1 N–H and O–H groups in total. The Morgan fingerprint density at radius 2 is 1.93 bits per heavy atom. The summed E-state index contributed by atoms with van der Waals surface area (Å²) >= 11 is 0. The van der Waals surface area contributed by atoms with Gasteiger partial charge in [0, 0.05) is 0 Å². The lowest BCUT2D eigenvalue weighted by molar-refractivity contribution is 0.481. The first-order valence-corrected chi connectivity index (χ1v) is 6.53. The van der Waals surface area contributed by atoms with Crippen molar-refractivity contribution >= 4 is 10.1 Å². The van der Waals surface area contributed by atoms with Gasteiger partial charge in [-0.25, -0.2) is 0 Å². The van der Waals surface area contributed by atoms with Crippen LogP contribution in [-0.2, 0) is 23.0 Å². The molecule has 0 atom stereocenters. The van der Waals surface area contributed by atoms with Gasteiger partial charge in [-0.15, -0.1) is 0 Å². The molecule has 4 heteroatoms. The SMILES string of the molecule is CCCc1c(CC)cccc1S(=O)(=O)O. The van der Waals surface area contributed by atoms with E-state index in [2.05, 4.69) is 0 Å². The minimum atomic E-state index is -4.09. The second-order valence-electron chi connectivity index (χ2n) is 3.47. The van der Waals surface area contributed by atoms with E-state index in [1.165, 1.54) is 6.07 Å². The van der Waals surface area contributed by atoms with Gasteiger partial charge in [0.25, 0.3) is 10.1 Å². The quantitative estimate of drug-likeness (QED) is 0.805. The fourth-order valence-electron chi connectivity index (χ4n) is 1.72. The lowest BCUT2D eigenvalue weighted by atomic mass is 10.0. The molecule has 84 valence electrons. The average Bonchev–Trinajstić information content (AvgIpc) is 2.17. The van der Waals surface area contributed by atoms with Gasteiger partial charge in [0.2, 0.25) is 0 Å². The second-order valence-corrected chi connectivity index (χ2v) is 4.86. The largest absolute Gasteiger partial charge is 0.294 e. The Balaban J connectivity index is 3.38. The smallest absolute Gasteiger partial charge is 0.282 e. The fraction of sp³-hybridized carbons (Fsp3) is 0.455. The lowest BCUT2D eigenvalue weighted by Gasteiger charge is -2.10. The normalized spacial score (nSPS) is 11.7. The van der Waals surface area contributed by atoms with Gasteiger partial charge in [0.1, 0.15) is 0 Å². The highest BCUT2D eigenvalue weighted by Crippen LogP contribution is 2.21. The van der Waals surface area contributed by atoms with Gasteiger partial charge in [-0.3, -0.25) is 4.55 Å². The molecule has 0 aliphatic heterocycles. The van der Waals surface area contributed by atoms with Crippen LogP contribution in [0.2, 0.25) is 0 Å². The van der Waals surface area contributed by atoms with Gasteiger partial charge >= 0.3 is 0 Å². The molecule has 1 aromatic rings. The van der Waals surface area contributed by atoms with Crippen molar-refractivity contribution < 1.29 is 13.0 Å². The summed E-state index contributed by atoms with van der Waals surface area (Å²) in [6, 6.07) is 5.03. The minimum absolute atomic E-state index is 0.0590. The van der Waals surface area contributed by atoms with E-state index in [0.29, 0.717) is 6.42 Å². The van der Waals surface area contributed by atoms with Gasteiger partial charge in [0.05, 0.1) is 4.90 Å². The Morgan fingerprint density at radius 1 is 1.27 bits per heavy atom. The molecule has 0 radical (unpaired) electrons. The number of hydrogen-bond donors (Lipinski definition) is 1. The first-order valence-electron chi connectivity index (χ1n) is 5.09. The lowest BCUT2D eigenvalue weighted by Crippen LogP contribution is -2.05. The molecule has 0 amide bonds. The van der Waals surface area contributed by atoms with Crippen LogP contribution < -0.4 is 0 Å². The van der Waals surface area contributed by atoms with E-state index in [1.807, 2.05) is 19.9 Å². The summed E-state index contributed by atoms with van der Waals surface area (Å²) in [4.78, 5) is 0.0590. The van der Waals surface area contributed by atoms with Crippen LogP contribution in [0.4, 0.5) is 0 Å². The zero-order chi connectivity index (χ0) is 11.5. The Hall–Kier alpha value is -0.870. The summed E-state index contributed by atoms with van der Waals surface area (Å²) in [6.07, 6.45) is 2.32. The van der Waals surface area contributed by atoms with Crippen molar-refractivity contribution in [2.75, 3.05) is 0 Å². The Kier molecular flexibility index (Phi) is 3.88.